The van der Waals surface area contributed by atoms with Gasteiger partial charge in [-0.05, 0) is 31.2 Å². The van der Waals surface area contributed by atoms with Crippen molar-refractivity contribution >= 4 is 23.2 Å². The Morgan fingerprint density at radius 1 is 1.23 bits per heavy atom. The third-order valence-electron chi connectivity index (χ3n) is 3.23. The zero-order chi connectivity index (χ0) is 16.1. The normalized spacial score (nSPS) is 12.0. The molecule has 0 aliphatic heterocycles. The first-order chi connectivity index (χ1) is 10.5. The summed E-state index contributed by atoms with van der Waals surface area (Å²) in [6.07, 6.45) is 0. The molecule has 0 spiro atoms. The number of carbonyl (C=O) groups excluding carboxylic acids is 1. The van der Waals surface area contributed by atoms with Gasteiger partial charge in [-0.25, -0.2) is 8.78 Å². The molecule has 3 nitrogen and oxygen atoms in total. The molecular formula is C16H16ClF2N2O+. The Morgan fingerprint density at radius 2 is 2.00 bits per heavy atom. The van der Waals surface area contributed by atoms with E-state index in [1.54, 1.807) is 6.07 Å². The van der Waals surface area contributed by atoms with Crippen molar-refractivity contribution in [3.05, 3.63) is 64.7 Å². The van der Waals surface area contributed by atoms with Gasteiger partial charge >= 0.3 is 0 Å². The summed E-state index contributed by atoms with van der Waals surface area (Å²) in [4.78, 5) is 11.8. The van der Waals surface area contributed by atoms with Crippen LogP contribution in [0.3, 0.4) is 0 Å². The van der Waals surface area contributed by atoms with Gasteiger partial charge < -0.3 is 10.6 Å². The monoisotopic (exact) mass is 325 g/mol. The number of amides is 1. The number of halogens is 3. The number of hydrogen-bond acceptors (Lipinski definition) is 1. The van der Waals surface area contributed by atoms with E-state index in [0.717, 1.165) is 17.7 Å². The highest BCUT2D eigenvalue weighted by molar-refractivity contribution is 6.30. The first-order valence-corrected chi connectivity index (χ1v) is 7.17. The number of carbonyl (C=O) groups is 1. The van der Waals surface area contributed by atoms with Gasteiger partial charge in [-0.3, -0.25) is 4.79 Å². The van der Waals surface area contributed by atoms with Crippen LogP contribution in [0.25, 0.3) is 0 Å². The fourth-order valence-corrected chi connectivity index (χ4v) is 2.19. The molecule has 116 valence electrons. The molecule has 2 rings (SSSR count). The van der Waals surface area contributed by atoms with Crippen LogP contribution in [0.15, 0.2) is 42.5 Å². The van der Waals surface area contributed by atoms with Gasteiger partial charge in [0.05, 0.1) is 0 Å². The van der Waals surface area contributed by atoms with E-state index in [0.29, 0.717) is 5.02 Å². The number of nitrogens with one attached hydrogen (secondary N) is 1. The molecule has 0 heterocycles. The highest BCUT2D eigenvalue weighted by Gasteiger charge is 2.12. The fourth-order valence-electron chi connectivity index (χ4n) is 2.00. The Hall–Kier alpha value is -1.98. The molecule has 0 saturated heterocycles. The van der Waals surface area contributed by atoms with E-state index >= 15 is 0 Å². The van der Waals surface area contributed by atoms with Crippen molar-refractivity contribution in [3.63, 3.8) is 0 Å². The standard InChI is InChI=1S/C16H15ClF2N2O/c1-10(11-3-2-4-12(17)7-11)20-9-16(22)21-13-5-6-14(18)15(19)8-13/h2-8,10,20H,9H2,1H3,(H,21,22)/p+1/t10-/m0/s1. The number of quaternary nitrogens is 1. The molecule has 0 aliphatic rings. The van der Waals surface area contributed by atoms with Gasteiger partial charge in [0.1, 0.15) is 6.04 Å². The van der Waals surface area contributed by atoms with Crippen molar-refractivity contribution in [2.75, 3.05) is 11.9 Å². The highest BCUT2D eigenvalue weighted by atomic mass is 35.5. The van der Waals surface area contributed by atoms with E-state index in [4.69, 9.17) is 11.6 Å². The van der Waals surface area contributed by atoms with Crippen LogP contribution in [-0.4, -0.2) is 12.5 Å². The van der Waals surface area contributed by atoms with Gasteiger partial charge in [-0.1, -0.05) is 23.7 Å². The lowest BCUT2D eigenvalue weighted by atomic mass is 10.1. The molecule has 2 aromatic rings. The smallest absolute Gasteiger partial charge is 0.279 e. The second-order valence-electron chi connectivity index (χ2n) is 4.96. The summed E-state index contributed by atoms with van der Waals surface area (Å²) in [6, 6.07) is 10.7. The lowest BCUT2D eigenvalue weighted by Crippen LogP contribution is -2.86. The van der Waals surface area contributed by atoms with Gasteiger partial charge in [0.25, 0.3) is 5.91 Å². The Balaban J connectivity index is 1.88. The molecule has 3 N–H and O–H groups in total. The maximum absolute atomic E-state index is 13.1. The van der Waals surface area contributed by atoms with E-state index in [1.165, 1.54) is 6.07 Å². The van der Waals surface area contributed by atoms with Crippen molar-refractivity contribution in [1.82, 2.24) is 0 Å². The lowest BCUT2D eigenvalue weighted by molar-refractivity contribution is -0.682. The Kier molecular flexibility index (Phi) is 5.46. The summed E-state index contributed by atoms with van der Waals surface area (Å²) in [7, 11) is 0. The van der Waals surface area contributed by atoms with Gasteiger partial charge in [-0.15, -0.1) is 0 Å². The molecule has 0 saturated carbocycles. The van der Waals surface area contributed by atoms with E-state index in [1.807, 2.05) is 30.4 Å². The van der Waals surface area contributed by atoms with Gasteiger partial charge in [0.15, 0.2) is 18.2 Å². The number of hydrogen-bond donors (Lipinski definition) is 2. The van der Waals surface area contributed by atoms with Crippen LogP contribution >= 0.6 is 11.6 Å². The van der Waals surface area contributed by atoms with Crippen LogP contribution in [0.5, 0.6) is 0 Å². The molecule has 0 aliphatic carbocycles. The molecule has 0 radical (unpaired) electrons. The van der Waals surface area contributed by atoms with E-state index in [-0.39, 0.29) is 24.2 Å². The average Bonchev–Trinajstić information content (AvgIpc) is 2.48. The molecule has 1 atom stereocenters. The molecule has 0 fully saturated rings. The molecule has 1 amide bonds. The minimum atomic E-state index is -0.992. The van der Waals surface area contributed by atoms with Crippen molar-refractivity contribution < 1.29 is 18.9 Å². The first-order valence-electron chi connectivity index (χ1n) is 6.79. The molecule has 22 heavy (non-hydrogen) atoms. The fraction of sp³-hybridized carbons (Fsp3) is 0.188. The molecule has 0 bridgehead atoms. The molecule has 0 unspecified atom stereocenters. The molecule has 2 aromatic carbocycles. The molecule has 6 heteroatoms. The SMILES string of the molecule is C[C@H]([NH2+]CC(=O)Nc1ccc(F)c(F)c1)c1cccc(Cl)c1. The maximum Gasteiger partial charge on any atom is 0.279 e. The predicted molar refractivity (Wildman–Crippen MR) is 81.6 cm³/mol. The van der Waals surface area contributed by atoms with Crippen LogP contribution in [-0.2, 0) is 4.79 Å². The summed E-state index contributed by atoms with van der Waals surface area (Å²) in [5.41, 5.74) is 1.24. The van der Waals surface area contributed by atoms with E-state index < -0.39 is 11.6 Å². The topological polar surface area (TPSA) is 45.7 Å². The van der Waals surface area contributed by atoms with Crippen molar-refractivity contribution in [1.29, 1.82) is 0 Å². The third kappa shape index (κ3) is 4.51. The quantitative estimate of drug-likeness (QED) is 0.872. The van der Waals surface area contributed by atoms with Crippen molar-refractivity contribution in [3.8, 4) is 0 Å². The second kappa shape index (κ2) is 7.33. The summed E-state index contributed by atoms with van der Waals surface area (Å²) in [5, 5.41) is 5.00. The zero-order valence-corrected chi connectivity index (χ0v) is 12.7. The van der Waals surface area contributed by atoms with Gasteiger partial charge in [0, 0.05) is 22.3 Å². The zero-order valence-electron chi connectivity index (χ0n) is 11.9. The average molecular weight is 326 g/mol. The van der Waals surface area contributed by atoms with Crippen LogP contribution < -0.4 is 10.6 Å². The van der Waals surface area contributed by atoms with Crippen LogP contribution in [0.2, 0.25) is 5.02 Å². The summed E-state index contributed by atoms with van der Waals surface area (Å²) in [5.74, 6) is -2.23. The highest BCUT2D eigenvalue weighted by Crippen LogP contribution is 2.15. The van der Waals surface area contributed by atoms with Gasteiger partial charge in [-0.2, -0.15) is 0 Å². The number of benzene rings is 2. The third-order valence-corrected chi connectivity index (χ3v) is 3.47. The first kappa shape index (κ1) is 16.4. The Morgan fingerprint density at radius 3 is 2.68 bits per heavy atom. The molecule has 0 aromatic heterocycles. The summed E-state index contributed by atoms with van der Waals surface area (Å²) in [6.45, 7) is 2.11. The van der Waals surface area contributed by atoms with Gasteiger partial charge in [0.2, 0.25) is 0 Å². The Labute approximate surface area is 132 Å². The van der Waals surface area contributed by atoms with Crippen LogP contribution in [0, 0.1) is 11.6 Å². The molecular weight excluding hydrogens is 310 g/mol. The minimum Gasteiger partial charge on any atom is -0.333 e. The van der Waals surface area contributed by atoms with Crippen LogP contribution in [0.1, 0.15) is 18.5 Å². The van der Waals surface area contributed by atoms with E-state index in [9.17, 15) is 13.6 Å². The van der Waals surface area contributed by atoms with Crippen molar-refractivity contribution in [2.45, 2.75) is 13.0 Å². The Bertz CT molecular complexity index is 679. The van der Waals surface area contributed by atoms with E-state index in [2.05, 4.69) is 5.32 Å². The largest absolute Gasteiger partial charge is 0.333 e. The predicted octanol–water partition coefficient (Wildman–Crippen LogP) is 2.88. The maximum atomic E-state index is 13.1. The number of nitrogens with two attached hydrogens (primary N) is 1. The second-order valence-corrected chi connectivity index (χ2v) is 5.40. The number of anilines is 1. The lowest BCUT2D eigenvalue weighted by Gasteiger charge is -2.11. The van der Waals surface area contributed by atoms with Crippen LogP contribution in [0.4, 0.5) is 14.5 Å². The summed E-state index contributed by atoms with van der Waals surface area (Å²) < 4.78 is 25.9. The summed E-state index contributed by atoms with van der Waals surface area (Å²) >= 11 is 5.93. The van der Waals surface area contributed by atoms with Crippen molar-refractivity contribution in [2.24, 2.45) is 0 Å². The minimum absolute atomic E-state index is 0.0504. The number of rotatable bonds is 5.